The molecular weight excluding hydrogens is 692 g/mol. The van der Waals surface area contributed by atoms with Crippen molar-refractivity contribution in [2.45, 2.75) is 26.5 Å². The zero-order valence-electron chi connectivity index (χ0n) is 26.2. The van der Waals surface area contributed by atoms with E-state index in [4.69, 9.17) is 33.2 Å². The average Bonchev–Trinajstić information content (AvgIpc) is 3.66. The van der Waals surface area contributed by atoms with E-state index in [1.807, 2.05) is 24.3 Å². The highest BCUT2D eigenvalue weighted by molar-refractivity contribution is 9.10. The smallest absolute Gasteiger partial charge is 0.338 e. The number of hydrogen-bond acceptors (Lipinski definition) is 11. The van der Waals surface area contributed by atoms with Crippen LogP contribution in [0.3, 0.4) is 0 Å². The number of benzene rings is 3. The van der Waals surface area contributed by atoms with Gasteiger partial charge in [-0.15, -0.1) is 0 Å². The van der Waals surface area contributed by atoms with Crippen molar-refractivity contribution in [2.75, 3.05) is 34.7 Å². The van der Waals surface area contributed by atoms with Gasteiger partial charge in [0.15, 0.2) is 39.3 Å². The third kappa shape index (κ3) is 6.20. The van der Waals surface area contributed by atoms with E-state index in [9.17, 15) is 9.59 Å². The highest BCUT2D eigenvalue weighted by Crippen LogP contribution is 2.41. The quantitative estimate of drug-likeness (QED) is 0.211. The molecule has 0 saturated carbocycles. The summed E-state index contributed by atoms with van der Waals surface area (Å²) < 4.78 is 41.5. The van der Waals surface area contributed by atoms with E-state index in [2.05, 4.69) is 20.9 Å². The average molecular weight is 724 g/mol. The lowest BCUT2D eigenvalue weighted by molar-refractivity contribution is -0.139. The molecular formula is C34H31BrN2O9S. The van der Waals surface area contributed by atoms with E-state index in [0.29, 0.717) is 71.7 Å². The van der Waals surface area contributed by atoms with E-state index in [-0.39, 0.29) is 24.5 Å². The van der Waals surface area contributed by atoms with Crippen LogP contribution in [0.4, 0.5) is 0 Å². The van der Waals surface area contributed by atoms with Gasteiger partial charge in [-0.25, -0.2) is 9.79 Å². The molecule has 4 aromatic rings. The van der Waals surface area contributed by atoms with Crippen molar-refractivity contribution in [3.05, 3.63) is 101 Å². The second-order valence-electron chi connectivity index (χ2n) is 10.4. The number of methoxy groups -OCH3 is 3. The third-order valence-corrected chi connectivity index (χ3v) is 9.30. The van der Waals surface area contributed by atoms with E-state index in [0.717, 1.165) is 5.56 Å². The van der Waals surface area contributed by atoms with Crippen molar-refractivity contribution in [3.8, 4) is 34.5 Å². The molecule has 0 amide bonds. The molecule has 0 radical (unpaired) electrons. The maximum Gasteiger partial charge on any atom is 0.338 e. The molecule has 47 heavy (non-hydrogen) atoms. The summed E-state index contributed by atoms with van der Waals surface area (Å²) in [6.07, 6.45) is 1.76. The zero-order chi connectivity index (χ0) is 33.2. The molecule has 0 saturated heterocycles. The summed E-state index contributed by atoms with van der Waals surface area (Å²) in [5.74, 6) is 2.80. The fraction of sp³-hybridized carbons (Fsp3) is 0.265. The SMILES string of the molecule is CCOC(=O)C1=C(C)N=c2s/c(=C\c3ccc(OCc4ccc5c(c4)OCO5)c(OC)c3)c(=O)n2[C@H]1c1cc(OC)c(OC)cc1Br. The van der Waals surface area contributed by atoms with Crippen molar-refractivity contribution in [2.24, 2.45) is 4.99 Å². The number of thiazole rings is 1. The maximum absolute atomic E-state index is 14.1. The molecule has 3 aromatic carbocycles. The molecule has 3 heterocycles. The number of halogens is 1. The van der Waals surface area contributed by atoms with E-state index in [1.165, 1.54) is 30.1 Å². The Morgan fingerprint density at radius 1 is 1.00 bits per heavy atom. The minimum absolute atomic E-state index is 0.165. The Bertz CT molecular complexity index is 2090. The normalized spacial score (nSPS) is 15.2. The van der Waals surface area contributed by atoms with Gasteiger partial charge in [0.2, 0.25) is 6.79 Å². The first kappa shape index (κ1) is 32.2. The van der Waals surface area contributed by atoms with Crippen LogP contribution in [-0.2, 0) is 16.1 Å². The van der Waals surface area contributed by atoms with Crippen LogP contribution in [0.25, 0.3) is 6.08 Å². The van der Waals surface area contributed by atoms with Crippen molar-refractivity contribution >= 4 is 39.3 Å². The summed E-state index contributed by atoms with van der Waals surface area (Å²) in [6, 6.07) is 13.7. The highest BCUT2D eigenvalue weighted by atomic mass is 79.9. The second-order valence-corrected chi connectivity index (χ2v) is 12.3. The Hall–Kier alpha value is -4.75. The number of rotatable bonds is 10. The first-order valence-corrected chi connectivity index (χ1v) is 16.2. The number of carbonyl (C=O) groups is 1. The van der Waals surface area contributed by atoms with Crippen LogP contribution in [-0.4, -0.2) is 45.3 Å². The second kappa shape index (κ2) is 13.5. The lowest BCUT2D eigenvalue weighted by atomic mass is 9.95. The number of fused-ring (bicyclic) bond motifs is 2. The van der Waals surface area contributed by atoms with E-state index >= 15 is 0 Å². The fourth-order valence-electron chi connectivity index (χ4n) is 5.40. The number of esters is 1. The Balaban J connectivity index is 1.39. The van der Waals surface area contributed by atoms with Gasteiger partial charge in [-0.1, -0.05) is 39.4 Å². The molecule has 1 atom stereocenters. The van der Waals surface area contributed by atoms with Crippen LogP contribution in [0.1, 0.15) is 36.6 Å². The molecule has 1 aromatic heterocycles. The molecule has 6 rings (SSSR count). The van der Waals surface area contributed by atoms with Crippen molar-refractivity contribution in [1.29, 1.82) is 0 Å². The van der Waals surface area contributed by atoms with E-state index < -0.39 is 12.0 Å². The lowest BCUT2D eigenvalue weighted by Crippen LogP contribution is -2.40. The minimum atomic E-state index is -0.844. The number of nitrogens with zero attached hydrogens (tertiary/aromatic N) is 2. The molecule has 244 valence electrons. The summed E-state index contributed by atoms with van der Waals surface area (Å²) in [4.78, 5) is 32.6. The number of allylic oxidation sites excluding steroid dienone is 1. The maximum atomic E-state index is 14.1. The Morgan fingerprint density at radius 3 is 2.47 bits per heavy atom. The largest absolute Gasteiger partial charge is 0.493 e. The van der Waals surface area contributed by atoms with Crippen LogP contribution in [0.5, 0.6) is 34.5 Å². The lowest BCUT2D eigenvalue weighted by Gasteiger charge is -2.26. The summed E-state index contributed by atoms with van der Waals surface area (Å²) in [7, 11) is 4.62. The molecule has 0 bridgehead atoms. The first-order chi connectivity index (χ1) is 22.8. The summed E-state index contributed by atoms with van der Waals surface area (Å²) in [6.45, 7) is 4.12. The van der Waals surface area contributed by atoms with Crippen molar-refractivity contribution < 1.29 is 38.0 Å². The van der Waals surface area contributed by atoms with Gasteiger partial charge in [-0.3, -0.25) is 9.36 Å². The summed E-state index contributed by atoms with van der Waals surface area (Å²) in [5, 5.41) is 0. The van der Waals surface area contributed by atoms with Gasteiger partial charge in [-0.05, 0) is 73.0 Å². The Morgan fingerprint density at radius 2 is 1.72 bits per heavy atom. The van der Waals surface area contributed by atoms with Crippen molar-refractivity contribution in [1.82, 2.24) is 4.57 Å². The molecule has 2 aliphatic heterocycles. The fourth-order valence-corrected chi connectivity index (χ4v) is 6.99. The molecule has 0 fully saturated rings. The predicted octanol–water partition coefficient (Wildman–Crippen LogP) is 4.89. The van der Waals surface area contributed by atoms with Crippen LogP contribution in [0, 0.1) is 0 Å². The number of carbonyl (C=O) groups excluding carboxylic acids is 1. The van der Waals surface area contributed by atoms with Crippen LogP contribution >= 0.6 is 27.3 Å². The van der Waals surface area contributed by atoms with Gasteiger partial charge in [0.1, 0.15) is 6.61 Å². The molecule has 2 aliphatic rings. The standard InChI is InChI=1S/C34H31BrN2O9S/c1-6-43-33(39)30-18(2)36-34-37(31(30)21-14-26(41-4)27(42-5)15-22(21)35)32(38)29(47-34)13-19-7-9-23(25(11-19)40-3)44-16-20-8-10-24-28(12-20)46-17-45-24/h7-15,31H,6,16-17H2,1-5H3/b29-13-/t31-/m0/s1. The molecule has 13 heteroatoms. The Labute approximate surface area is 282 Å². The van der Waals surface area contributed by atoms with Crippen molar-refractivity contribution in [3.63, 3.8) is 0 Å². The monoisotopic (exact) mass is 722 g/mol. The minimum Gasteiger partial charge on any atom is -0.493 e. The van der Waals surface area contributed by atoms with Gasteiger partial charge in [0.05, 0.1) is 49.8 Å². The van der Waals surface area contributed by atoms with Gasteiger partial charge in [-0.2, -0.15) is 0 Å². The molecule has 0 N–H and O–H groups in total. The molecule has 0 unspecified atom stereocenters. The highest BCUT2D eigenvalue weighted by Gasteiger charge is 2.35. The van der Waals surface area contributed by atoms with Gasteiger partial charge in [0, 0.05) is 4.47 Å². The molecule has 0 spiro atoms. The topological polar surface area (TPSA) is 116 Å². The number of aromatic nitrogens is 1. The van der Waals surface area contributed by atoms with E-state index in [1.54, 1.807) is 51.3 Å². The van der Waals surface area contributed by atoms with Gasteiger partial charge in [0.25, 0.3) is 5.56 Å². The van der Waals surface area contributed by atoms with Crippen LogP contribution in [0.15, 0.2) is 74.1 Å². The zero-order valence-corrected chi connectivity index (χ0v) is 28.7. The Kier molecular flexibility index (Phi) is 9.28. The first-order valence-electron chi connectivity index (χ1n) is 14.6. The van der Waals surface area contributed by atoms with Gasteiger partial charge >= 0.3 is 5.97 Å². The van der Waals surface area contributed by atoms with Crippen LogP contribution < -0.4 is 43.3 Å². The number of hydrogen-bond donors (Lipinski definition) is 0. The molecule has 11 nitrogen and oxygen atoms in total. The number of ether oxygens (including phenoxy) is 7. The van der Waals surface area contributed by atoms with Crippen LogP contribution in [0.2, 0.25) is 0 Å². The summed E-state index contributed by atoms with van der Waals surface area (Å²) >= 11 is 4.85. The van der Waals surface area contributed by atoms with Gasteiger partial charge < -0.3 is 33.2 Å². The third-order valence-electron chi connectivity index (χ3n) is 7.63. The predicted molar refractivity (Wildman–Crippen MR) is 178 cm³/mol. The summed E-state index contributed by atoms with van der Waals surface area (Å²) in [5.41, 5.74) is 2.62. The molecule has 0 aliphatic carbocycles.